The fourth-order valence-electron chi connectivity index (χ4n) is 2.56. The van der Waals surface area contributed by atoms with Gasteiger partial charge in [-0.3, -0.25) is 4.79 Å². The highest BCUT2D eigenvalue weighted by Crippen LogP contribution is 2.27. The summed E-state index contributed by atoms with van der Waals surface area (Å²) in [5.41, 5.74) is 5.39. The fraction of sp³-hybridized carbons (Fsp3) is 0.158. The summed E-state index contributed by atoms with van der Waals surface area (Å²) in [6.07, 6.45) is 0.996. The van der Waals surface area contributed by atoms with Gasteiger partial charge in [-0.15, -0.1) is 0 Å². The molecule has 0 unspecified atom stereocenters. The van der Waals surface area contributed by atoms with Gasteiger partial charge in [-0.05, 0) is 48.7 Å². The van der Waals surface area contributed by atoms with Gasteiger partial charge in [0.15, 0.2) is 0 Å². The van der Waals surface area contributed by atoms with Crippen LogP contribution in [0.1, 0.15) is 28.4 Å². The van der Waals surface area contributed by atoms with Crippen LogP contribution in [0.2, 0.25) is 0 Å². The van der Waals surface area contributed by atoms with Gasteiger partial charge in [-0.2, -0.15) is 0 Å². The Balaban J connectivity index is 2.21. The third-order valence-electron chi connectivity index (χ3n) is 3.83. The van der Waals surface area contributed by atoms with E-state index in [2.05, 4.69) is 24.0 Å². The first-order valence-corrected chi connectivity index (χ1v) is 7.67. The summed E-state index contributed by atoms with van der Waals surface area (Å²) in [7, 11) is 0. The standard InChI is InChI=1S/C19H16ClNO/c1-3-13-5-7-14(8-6-13)18-11-16(19(20)22)15-10-12(2)4-9-17(15)21-18/h4-11H,3H2,1-2H3. The molecule has 1 heterocycles. The molecular formula is C19H16ClNO. The molecule has 0 aliphatic rings. The van der Waals surface area contributed by atoms with Crippen molar-refractivity contribution in [3.63, 3.8) is 0 Å². The van der Waals surface area contributed by atoms with Crippen molar-refractivity contribution in [2.24, 2.45) is 0 Å². The van der Waals surface area contributed by atoms with Gasteiger partial charge in [-0.25, -0.2) is 4.98 Å². The highest BCUT2D eigenvalue weighted by molar-refractivity contribution is 6.68. The van der Waals surface area contributed by atoms with Crippen molar-refractivity contribution in [1.82, 2.24) is 4.98 Å². The molecule has 0 radical (unpaired) electrons. The molecule has 0 fully saturated rings. The lowest BCUT2D eigenvalue weighted by Gasteiger charge is -2.08. The molecule has 0 spiro atoms. The second-order valence-electron chi connectivity index (χ2n) is 5.40. The number of pyridine rings is 1. The summed E-state index contributed by atoms with van der Waals surface area (Å²) in [5, 5.41) is 0.346. The number of nitrogens with zero attached hydrogens (tertiary/aromatic N) is 1. The molecule has 3 heteroatoms. The lowest BCUT2D eigenvalue weighted by molar-refractivity contribution is 0.108. The Kier molecular flexibility index (Phi) is 3.95. The minimum absolute atomic E-state index is 0.454. The van der Waals surface area contributed by atoms with E-state index in [4.69, 9.17) is 11.6 Å². The Morgan fingerprint density at radius 2 is 1.82 bits per heavy atom. The third kappa shape index (κ3) is 2.75. The minimum Gasteiger partial charge on any atom is -0.276 e. The van der Waals surface area contributed by atoms with Gasteiger partial charge in [0.2, 0.25) is 0 Å². The van der Waals surface area contributed by atoms with E-state index in [1.807, 2.05) is 37.3 Å². The number of benzene rings is 2. The molecule has 0 aliphatic carbocycles. The number of carbonyl (C=O) groups excluding carboxylic acids is 1. The molecule has 1 aromatic heterocycles. The predicted octanol–water partition coefficient (Wildman–Crippen LogP) is 5.15. The van der Waals surface area contributed by atoms with Gasteiger partial charge >= 0.3 is 0 Å². The topological polar surface area (TPSA) is 30.0 Å². The van der Waals surface area contributed by atoms with Crippen LogP contribution in [0.15, 0.2) is 48.5 Å². The average Bonchev–Trinajstić information content (AvgIpc) is 2.53. The number of halogens is 1. The molecule has 0 amide bonds. The van der Waals surface area contributed by atoms with Crippen LogP contribution in [0.3, 0.4) is 0 Å². The van der Waals surface area contributed by atoms with Crippen molar-refractivity contribution < 1.29 is 4.79 Å². The summed E-state index contributed by atoms with van der Waals surface area (Å²) < 4.78 is 0. The van der Waals surface area contributed by atoms with Gasteiger partial charge in [-0.1, -0.05) is 42.8 Å². The summed E-state index contributed by atoms with van der Waals surface area (Å²) in [6.45, 7) is 4.11. The second-order valence-corrected chi connectivity index (χ2v) is 5.74. The highest BCUT2D eigenvalue weighted by atomic mass is 35.5. The molecule has 0 N–H and O–H groups in total. The van der Waals surface area contributed by atoms with E-state index in [-0.39, 0.29) is 0 Å². The lowest BCUT2D eigenvalue weighted by Crippen LogP contribution is -1.96. The minimum atomic E-state index is -0.454. The first-order chi connectivity index (χ1) is 10.6. The van der Waals surface area contributed by atoms with Crippen LogP contribution < -0.4 is 0 Å². The first-order valence-electron chi connectivity index (χ1n) is 7.29. The maximum absolute atomic E-state index is 11.8. The maximum Gasteiger partial charge on any atom is 0.253 e. The van der Waals surface area contributed by atoms with Crippen molar-refractivity contribution in [3.05, 3.63) is 65.2 Å². The van der Waals surface area contributed by atoms with Crippen LogP contribution in [0.25, 0.3) is 22.2 Å². The maximum atomic E-state index is 11.8. The zero-order valence-corrected chi connectivity index (χ0v) is 13.3. The number of carbonyl (C=O) groups is 1. The number of aromatic nitrogens is 1. The molecule has 2 aromatic carbocycles. The van der Waals surface area contributed by atoms with Crippen molar-refractivity contribution >= 4 is 27.7 Å². The van der Waals surface area contributed by atoms with E-state index in [9.17, 15) is 4.79 Å². The van der Waals surface area contributed by atoms with Gasteiger partial charge in [0.05, 0.1) is 11.2 Å². The number of rotatable bonds is 3. The quantitative estimate of drug-likeness (QED) is 0.626. The zero-order chi connectivity index (χ0) is 15.7. The van der Waals surface area contributed by atoms with Crippen molar-refractivity contribution in [3.8, 4) is 11.3 Å². The number of hydrogen-bond donors (Lipinski definition) is 0. The molecule has 22 heavy (non-hydrogen) atoms. The molecule has 0 bridgehead atoms. The van der Waals surface area contributed by atoms with Gasteiger partial charge < -0.3 is 0 Å². The number of aryl methyl sites for hydroxylation is 2. The monoisotopic (exact) mass is 309 g/mol. The van der Waals surface area contributed by atoms with Crippen LogP contribution in [-0.4, -0.2) is 10.2 Å². The van der Waals surface area contributed by atoms with Crippen molar-refractivity contribution in [1.29, 1.82) is 0 Å². The lowest BCUT2D eigenvalue weighted by atomic mass is 10.0. The third-order valence-corrected chi connectivity index (χ3v) is 4.04. The van der Waals surface area contributed by atoms with Crippen LogP contribution >= 0.6 is 11.6 Å². The Morgan fingerprint density at radius 3 is 2.45 bits per heavy atom. The van der Waals surface area contributed by atoms with Crippen LogP contribution in [0, 0.1) is 6.92 Å². The zero-order valence-electron chi connectivity index (χ0n) is 12.6. The Morgan fingerprint density at radius 1 is 1.09 bits per heavy atom. The predicted molar refractivity (Wildman–Crippen MR) is 91.5 cm³/mol. The Bertz CT molecular complexity index is 853. The van der Waals surface area contributed by atoms with E-state index in [1.165, 1.54) is 5.56 Å². The second kappa shape index (κ2) is 5.90. The Hall–Kier alpha value is -2.19. The highest BCUT2D eigenvalue weighted by Gasteiger charge is 2.12. The molecule has 0 atom stereocenters. The van der Waals surface area contributed by atoms with Gasteiger partial charge in [0.25, 0.3) is 5.24 Å². The molecule has 3 rings (SSSR count). The van der Waals surface area contributed by atoms with E-state index in [0.29, 0.717) is 5.56 Å². The number of fused-ring (bicyclic) bond motifs is 1. The molecule has 0 aliphatic heterocycles. The van der Waals surface area contributed by atoms with Crippen LogP contribution in [-0.2, 0) is 6.42 Å². The van der Waals surface area contributed by atoms with E-state index in [1.54, 1.807) is 6.07 Å². The van der Waals surface area contributed by atoms with E-state index < -0.39 is 5.24 Å². The smallest absolute Gasteiger partial charge is 0.253 e. The summed E-state index contributed by atoms with van der Waals surface area (Å²) in [6, 6.07) is 15.9. The van der Waals surface area contributed by atoms with Gasteiger partial charge in [0.1, 0.15) is 0 Å². The summed E-state index contributed by atoms with van der Waals surface area (Å²) in [4.78, 5) is 16.5. The summed E-state index contributed by atoms with van der Waals surface area (Å²) >= 11 is 5.77. The Labute approximate surface area is 134 Å². The SMILES string of the molecule is CCc1ccc(-c2cc(C(=O)Cl)c3cc(C)ccc3n2)cc1. The fourth-order valence-corrected chi connectivity index (χ4v) is 2.72. The normalized spacial score (nSPS) is 10.9. The molecule has 3 aromatic rings. The first kappa shape index (κ1) is 14.7. The van der Waals surface area contributed by atoms with Crippen molar-refractivity contribution in [2.45, 2.75) is 20.3 Å². The molecule has 0 saturated heterocycles. The molecule has 0 saturated carbocycles. The van der Waals surface area contributed by atoms with Crippen LogP contribution in [0.4, 0.5) is 0 Å². The van der Waals surface area contributed by atoms with Crippen LogP contribution in [0.5, 0.6) is 0 Å². The average molecular weight is 310 g/mol. The molecular weight excluding hydrogens is 294 g/mol. The molecule has 2 nitrogen and oxygen atoms in total. The van der Waals surface area contributed by atoms with E-state index in [0.717, 1.165) is 34.1 Å². The number of hydrogen-bond acceptors (Lipinski definition) is 2. The summed E-state index contributed by atoms with van der Waals surface area (Å²) in [5.74, 6) is 0. The van der Waals surface area contributed by atoms with E-state index >= 15 is 0 Å². The van der Waals surface area contributed by atoms with Gasteiger partial charge in [0, 0.05) is 16.5 Å². The molecule has 110 valence electrons. The largest absolute Gasteiger partial charge is 0.276 e. The van der Waals surface area contributed by atoms with Crippen molar-refractivity contribution in [2.75, 3.05) is 0 Å².